The predicted molar refractivity (Wildman–Crippen MR) is 86.2 cm³/mol. The molecule has 23 heavy (non-hydrogen) atoms. The average Bonchev–Trinajstić information content (AvgIpc) is 3.21. The van der Waals surface area contributed by atoms with Crippen molar-refractivity contribution in [2.75, 3.05) is 13.6 Å². The topological polar surface area (TPSA) is 55.4 Å². The number of amides is 1. The molecule has 1 aliphatic heterocycles. The molecule has 0 aromatic carbocycles. The largest absolute Gasteiger partial charge is 0.340 e. The van der Waals surface area contributed by atoms with E-state index < -0.39 is 0 Å². The van der Waals surface area contributed by atoms with Crippen LogP contribution >= 0.6 is 0 Å². The van der Waals surface area contributed by atoms with Crippen molar-refractivity contribution in [1.82, 2.24) is 23.8 Å². The van der Waals surface area contributed by atoms with Gasteiger partial charge in [0.1, 0.15) is 17.2 Å². The van der Waals surface area contributed by atoms with Crippen molar-refractivity contribution >= 4 is 11.6 Å². The Bertz CT molecular complexity index is 849. The average molecular weight is 309 g/mol. The molecule has 1 aliphatic rings. The summed E-state index contributed by atoms with van der Waals surface area (Å²) in [5.41, 5.74) is 1.45. The van der Waals surface area contributed by atoms with Gasteiger partial charge >= 0.3 is 0 Å². The van der Waals surface area contributed by atoms with Crippen molar-refractivity contribution in [2.24, 2.45) is 5.92 Å². The van der Waals surface area contributed by atoms with E-state index in [1.807, 2.05) is 53.1 Å². The van der Waals surface area contributed by atoms with Crippen LogP contribution in [0, 0.1) is 5.92 Å². The van der Waals surface area contributed by atoms with Crippen LogP contribution in [0.1, 0.15) is 22.7 Å². The second-order valence-corrected chi connectivity index (χ2v) is 6.15. The third-order valence-corrected chi connectivity index (χ3v) is 4.56. The van der Waals surface area contributed by atoms with Crippen LogP contribution in [-0.4, -0.2) is 43.3 Å². The Hall–Kier alpha value is -2.63. The number of pyridine rings is 1. The van der Waals surface area contributed by atoms with Crippen LogP contribution in [0.5, 0.6) is 0 Å². The third kappa shape index (κ3) is 2.50. The highest BCUT2D eigenvalue weighted by atomic mass is 16.2. The molecule has 118 valence electrons. The Morgan fingerprint density at radius 3 is 3.09 bits per heavy atom. The van der Waals surface area contributed by atoms with Gasteiger partial charge in [-0.3, -0.25) is 9.20 Å². The van der Waals surface area contributed by atoms with E-state index >= 15 is 0 Å². The number of fused-ring (bicyclic) bond motifs is 2. The maximum Gasteiger partial charge on any atom is 0.270 e. The van der Waals surface area contributed by atoms with Gasteiger partial charge in [-0.25, -0.2) is 9.97 Å². The van der Waals surface area contributed by atoms with Gasteiger partial charge in [0.05, 0.1) is 0 Å². The minimum absolute atomic E-state index is 0.0324. The van der Waals surface area contributed by atoms with E-state index in [1.165, 1.54) is 0 Å². The smallest absolute Gasteiger partial charge is 0.270 e. The third-order valence-electron chi connectivity index (χ3n) is 4.56. The van der Waals surface area contributed by atoms with Crippen molar-refractivity contribution in [1.29, 1.82) is 0 Å². The predicted octanol–water partition coefficient (Wildman–Crippen LogP) is 1.87. The number of imidazole rings is 2. The number of aromatic nitrogens is 4. The van der Waals surface area contributed by atoms with Crippen LogP contribution in [0.2, 0.25) is 0 Å². The molecule has 4 heterocycles. The molecule has 6 heteroatoms. The van der Waals surface area contributed by atoms with Gasteiger partial charge in [-0.1, -0.05) is 6.07 Å². The molecule has 6 nitrogen and oxygen atoms in total. The molecule has 0 N–H and O–H groups in total. The molecule has 3 aromatic rings. The molecule has 1 amide bonds. The summed E-state index contributed by atoms with van der Waals surface area (Å²) in [5, 5.41) is 0. The van der Waals surface area contributed by atoms with E-state index in [1.54, 1.807) is 6.20 Å². The Kier molecular flexibility index (Phi) is 3.37. The fraction of sp³-hybridized carbons (Fsp3) is 0.353. The summed E-state index contributed by atoms with van der Waals surface area (Å²) in [5.74, 6) is 1.65. The first kappa shape index (κ1) is 14.0. The van der Waals surface area contributed by atoms with Gasteiger partial charge in [-0.15, -0.1) is 0 Å². The normalized spacial score (nSPS) is 17.2. The van der Waals surface area contributed by atoms with Gasteiger partial charge < -0.3 is 9.47 Å². The number of hydrogen-bond acceptors (Lipinski definition) is 3. The Morgan fingerprint density at radius 2 is 2.17 bits per heavy atom. The summed E-state index contributed by atoms with van der Waals surface area (Å²) in [6.07, 6.45) is 9.48. The van der Waals surface area contributed by atoms with Crippen molar-refractivity contribution in [3.05, 3.63) is 54.5 Å². The zero-order valence-electron chi connectivity index (χ0n) is 13.1. The maximum absolute atomic E-state index is 12.8. The van der Waals surface area contributed by atoms with Gasteiger partial charge in [0.25, 0.3) is 5.91 Å². The van der Waals surface area contributed by atoms with Crippen molar-refractivity contribution in [3.8, 4) is 0 Å². The number of carbonyl (C=O) groups excluding carboxylic acids is 1. The Labute approximate surface area is 134 Å². The zero-order valence-corrected chi connectivity index (χ0v) is 13.1. The van der Waals surface area contributed by atoms with Gasteiger partial charge in [0, 0.05) is 51.3 Å². The van der Waals surface area contributed by atoms with E-state index in [0.29, 0.717) is 11.6 Å². The SMILES string of the molecule is CN(CC1CCc2nccn2C1)C(=O)c1cccc2nccn12. The first-order chi connectivity index (χ1) is 11.2. The highest BCUT2D eigenvalue weighted by Crippen LogP contribution is 2.20. The molecule has 0 aliphatic carbocycles. The quantitative estimate of drug-likeness (QED) is 0.742. The summed E-state index contributed by atoms with van der Waals surface area (Å²) in [6.45, 7) is 1.68. The first-order valence-corrected chi connectivity index (χ1v) is 7.90. The van der Waals surface area contributed by atoms with Crippen molar-refractivity contribution < 1.29 is 4.79 Å². The first-order valence-electron chi connectivity index (χ1n) is 7.90. The molecule has 3 aromatic heterocycles. The number of hydrogen-bond donors (Lipinski definition) is 0. The molecular formula is C17H19N5O. The maximum atomic E-state index is 12.8. The van der Waals surface area contributed by atoms with Crippen LogP contribution in [0.25, 0.3) is 5.65 Å². The van der Waals surface area contributed by atoms with Crippen molar-refractivity contribution in [3.63, 3.8) is 0 Å². The van der Waals surface area contributed by atoms with Crippen LogP contribution in [0.3, 0.4) is 0 Å². The van der Waals surface area contributed by atoms with Gasteiger partial charge in [-0.05, 0) is 24.5 Å². The summed E-state index contributed by atoms with van der Waals surface area (Å²) in [6, 6.07) is 5.63. The molecule has 0 saturated heterocycles. The number of nitrogens with zero attached hydrogens (tertiary/aromatic N) is 5. The highest BCUT2D eigenvalue weighted by Gasteiger charge is 2.23. The zero-order chi connectivity index (χ0) is 15.8. The van der Waals surface area contributed by atoms with E-state index in [2.05, 4.69) is 14.5 Å². The molecular weight excluding hydrogens is 290 g/mol. The standard InChI is InChI=1S/C17H19N5O/c1-20(11-13-5-6-15-18-7-9-21(15)12-13)17(23)14-3-2-4-16-19-8-10-22(14)16/h2-4,7-10,13H,5-6,11-12H2,1H3. The Balaban J connectivity index is 1.50. The molecule has 0 radical (unpaired) electrons. The minimum Gasteiger partial charge on any atom is -0.340 e. The summed E-state index contributed by atoms with van der Waals surface area (Å²) in [7, 11) is 1.88. The van der Waals surface area contributed by atoms with E-state index in [-0.39, 0.29) is 5.91 Å². The second kappa shape index (κ2) is 5.53. The number of carbonyl (C=O) groups is 1. The van der Waals surface area contributed by atoms with Gasteiger partial charge in [0.15, 0.2) is 0 Å². The van der Waals surface area contributed by atoms with Gasteiger partial charge in [-0.2, -0.15) is 0 Å². The minimum atomic E-state index is 0.0324. The molecule has 0 saturated carbocycles. The van der Waals surface area contributed by atoms with Crippen LogP contribution in [0.4, 0.5) is 0 Å². The summed E-state index contributed by atoms with van der Waals surface area (Å²) in [4.78, 5) is 23.2. The van der Waals surface area contributed by atoms with E-state index in [0.717, 1.165) is 37.4 Å². The lowest BCUT2D eigenvalue weighted by Crippen LogP contribution is -2.36. The molecule has 1 atom stereocenters. The lowest BCUT2D eigenvalue weighted by atomic mass is 9.99. The molecule has 1 unspecified atom stereocenters. The lowest BCUT2D eigenvalue weighted by Gasteiger charge is -2.28. The number of aryl methyl sites for hydroxylation is 1. The van der Waals surface area contributed by atoms with Crippen LogP contribution in [0.15, 0.2) is 43.0 Å². The van der Waals surface area contributed by atoms with Gasteiger partial charge in [0.2, 0.25) is 0 Å². The second-order valence-electron chi connectivity index (χ2n) is 6.15. The fourth-order valence-corrected chi connectivity index (χ4v) is 3.37. The lowest BCUT2D eigenvalue weighted by molar-refractivity contribution is 0.0753. The van der Waals surface area contributed by atoms with E-state index in [4.69, 9.17) is 0 Å². The summed E-state index contributed by atoms with van der Waals surface area (Å²) < 4.78 is 4.04. The molecule has 0 bridgehead atoms. The highest BCUT2D eigenvalue weighted by molar-refractivity contribution is 5.93. The summed E-state index contributed by atoms with van der Waals surface area (Å²) >= 11 is 0. The fourth-order valence-electron chi connectivity index (χ4n) is 3.37. The van der Waals surface area contributed by atoms with Crippen LogP contribution < -0.4 is 0 Å². The van der Waals surface area contributed by atoms with E-state index in [9.17, 15) is 4.79 Å². The molecule has 4 rings (SSSR count). The van der Waals surface area contributed by atoms with Crippen molar-refractivity contribution in [2.45, 2.75) is 19.4 Å². The Morgan fingerprint density at radius 1 is 1.30 bits per heavy atom. The monoisotopic (exact) mass is 309 g/mol. The molecule has 0 fully saturated rings. The number of rotatable bonds is 3. The van der Waals surface area contributed by atoms with Crippen LogP contribution in [-0.2, 0) is 13.0 Å². The molecule has 0 spiro atoms.